The van der Waals surface area contributed by atoms with Crippen molar-refractivity contribution < 1.29 is 19.0 Å². The summed E-state index contributed by atoms with van der Waals surface area (Å²) in [5.41, 5.74) is 5.04. The maximum atomic E-state index is 14.4. The van der Waals surface area contributed by atoms with E-state index in [1.807, 2.05) is 37.4 Å². The summed E-state index contributed by atoms with van der Waals surface area (Å²) in [5, 5.41) is 8.68. The first-order chi connectivity index (χ1) is 20.8. The van der Waals surface area contributed by atoms with Gasteiger partial charge in [0.25, 0.3) is 11.1 Å². The molecule has 2 fully saturated rings. The molecule has 2 aliphatic heterocycles. The van der Waals surface area contributed by atoms with Crippen molar-refractivity contribution in [1.82, 2.24) is 20.5 Å². The van der Waals surface area contributed by atoms with Crippen LogP contribution in [0.1, 0.15) is 40.8 Å². The molecule has 2 atom stereocenters. The van der Waals surface area contributed by atoms with Crippen LogP contribution in [0.5, 0.6) is 16.7 Å². The van der Waals surface area contributed by atoms with Gasteiger partial charge in [0.1, 0.15) is 19.0 Å². The smallest absolute Gasteiger partial charge is 0.273 e. The van der Waals surface area contributed by atoms with Gasteiger partial charge < -0.3 is 29.7 Å². The fourth-order valence-corrected chi connectivity index (χ4v) is 7.47. The number of halogens is 2. The molecule has 1 saturated heterocycles. The molecule has 6 rings (SSSR count). The number of piperazine rings is 1. The van der Waals surface area contributed by atoms with Crippen LogP contribution in [0.4, 0.5) is 0 Å². The van der Waals surface area contributed by atoms with Crippen molar-refractivity contribution >= 4 is 46.0 Å². The highest BCUT2D eigenvalue weighted by Crippen LogP contribution is 2.40. The minimum Gasteiger partial charge on any atom is -0.496 e. The quantitative estimate of drug-likeness (QED) is 0.255. The molecule has 228 valence electrons. The highest BCUT2D eigenvalue weighted by molar-refractivity contribution is 7.14. The number of ether oxygens (including phenoxy) is 3. The number of aromatic nitrogens is 1. The lowest BCUT2D eigenvalue weighted by Crippen LogP contribution is -2.59. The van der Waals surface area contributed by atoms with Gasteiger partial charge in [0.05, 0.1) is 28.1 Å². The number of rotatable bonds is 11. The number of aryl methyl sites for hydroxylation is 1. The Labute approximate surface area is 266 Å². The zero-order chi connectivity index (χ0) is 30.1. The molecule has 2 bridgehead atoms. The predicted octanol–water partition coefficient (Wildman–Crippen LogP) is 5.81. The molecule has 1 amide bonds. The summed E-state index contributed by atoms with van der Waals surface area (Å²) in [6.45, 7) is 6.66. The number of methoxy groups -OCH3 is 1. The number of amides is 1. The molecule has 3 aromatic rings. The third kappa shape index (κ3) is 6.66. The summed E-state index contributed by atoms with van der Waals surface area (Å²) < 4.78 is 17.3. The molecular weight excluding hydrogens is 607 g/mol. The van der Waals surface area contributed by atoms with E-state index in [9.17, 15) is 4.79 Å². The lowest BCUT2D eigenvalue weighted by atomic mass is 9.86. The molecule has 0 spiro atoms. The van der Waals surface area contributed by atoms with Crippen molar-refractivity contribution in [2.75, 3.05) is 33.4 Å². The third-order valence-corrected chi connectivity index (χ3v) is 9.75. The van der Waals surface area contributed by atoms with Crippen molar-refractivity contribution in [2.45, 2.75) is 57.8 Å². The van der Waals surface area contributed by atoms with Crippen LogP contribution in [0.2, 0.25) is 10.0 Å². The molecule has 1 aliphatic carbocycles. The van der Waals surface area contributed by atoms with Gasteiger partial charge in [0.15, 0.2) is 5.75 Å². The summed E-state index contributed by atoms with van der Waals surface area (Å²) >= 11 is 14.1. The van der Waals surface area contributed by atoms with Gasteiger partial charge in [-0.3, -0.25) is 4.79 Å². The van der Waals surface area contributed by atoms with Crippen LogP contribution in [-0.2, 0) is 11.3 Å². The molecule has 8 nitrogen and oxygen atoms in total. The van der Waals surface area contributed by atoms with Crippen molar-refractivity contribution in [1.29, 1.82) is 0 Å². The Hall–Kier alpha value is -2.82. The minimum absolute atomic E-state index is 0.0634. The van der Waals surface area contributed by atoms with Crippen molar-refractivity contribution in [2.24, 2.45) is 0 Å². The largest absolute Gasteiger partial charge is 0.496 e. The average molecular weight is 644 g/mol. The van der Waals surface area contributed by atoms with Gasteiger partial charge in [-0.2, -0.15) is 0 Å². The number of fused-ring (bicyclic) bond motifs is 2. The highest BCUT2D eigenvalue weighted by Gasteiger charge is 2.41. The number of carbonyl (C=O) groups excluding carboxylic acids is 1. The predicted molar refractivity (Wildman–Crippen MR) is 171 cm³/mol. The van der Waals surface area contributed by atoms with E-state index in [1.54, 1.807) is 7.11 Å². The van der Waals surface area contributed by atoms with Gasteiger partial charge in [-0.15, -0.1) is 0 Å². The number of benzene rings is 2. The Kier molecular flexibility index (Phi) is 9.16. The first kappa shape index (κ1) is 30.2. The minimum atomic E-state index is -0.0634. The lowest BCUT2D eigenvalue weighted by molar-refractivity contribution is -0.128. The molecule has 43 heavy (non-hydrogen) atoms. The van der Waals surface area contributed by atoms with E-state index in [0.29, 0.717) is 34.1 Å². The Morgan fingerprint density at radius 3 is 2.63 bits per heavy atom. The SMILES string of the molecule is COc1cccc(CN(C(=O)C2=C(c3cnc(OCCOc4c(Cl)cc(C)cc4Cl)s3)CC3CNCC2N3)C2CC2)c1C. The zero-order valence-corrected chi connectivity index (χ0v) is 26.9. The average Bonchev–Trinajstić information content (AvgIpc) is 3.72. The summed E-state index contributed by atoms with van der Waals surface area (Å²) in [6.07, 6.45) is 4.63. The topological polar surface area (TPSA) is 85.0 Å². The highest BCUT2D eigenvalue weighted by atomic mass is 35.5. The lowest BCUT2D eigenvalue weighted by Gasteiger charge is -2.40. The second-order valence-electron chi connectivity index (χ2n) is 11.3. The van der Waals surface area contributed by atoms with Gasteiger partial charge in [0, 0.05) is 43.5 Å². The maximum Gasteiger partial charge on any atom is 0.273 e. The van der Waals surface area contributed by atoms with Gasteiger partial charge >= 0.3 is 0 Å². The number of nitrogens with zero attached hydrogens (tertiary/aromatic N) is 2. The molecule has 1 aromatic heterocycles. The Bertz CT molecular complexity index is 1520. The van der Waals surface area contributed by atoms with E-state index >= 15 is 0 Å². The van der Waals surface area contributed by atoms with Crippen LogP contribution in [0, 0.1) is 13.8 Å². The van der Waals surface area contributed by atoms with E-state index in [2.05, 4.69) is 33.5 Å². The summed E-state index contributed by atoms with van der Waals surface area (Å²) in [7, 11) is 1.68. The normalized spacial score (nSPS) is 19.7. The van der Waals surface area contributed by atoms with Crippen molar-refractivity contribution in [3.63, 3.8) is 0 Å². The van der Waals surface area contributed by atoms with E-state index in [-0.39, 0.29) is 37.2 Å². The van der Waals surface area contributed by atoms with E-state index in [1.165, 1.54) is 11.3 Å². The molecule has 3 heterocycles. The van der Waals surface area contributed by atoms with Gasteiger partial charge in [-0.1, -0.05) is 46.7 Å². The fourth-order valence-electron chi connectivity index (χ4n) is 5.90. The summed E-state index contributed by atoms with van der Waals surface area (Å²) in [4.78, 5) is 22.0. The third-order valence-electron chi connectivity index (χ3n) is 8.22. The van der Waals surface area contributed by atoms with Crippen LogP contribution < -0.4 is 24.8 Å². The Morgan fingerprint density at radius 2 is 1.88 bits per heavy atom. The maximum absolute atomic E-state index is 14.4. The number of hydrogen-bond donors (Lipinski definition) is 2. The summed E-state index contributed by atoms with van der Waals surface area (Å²) in [6, 6.07) is 10.1. The number of thiazole rings is 1. The summed E-state index contributed by atoms with van der Waals surface area (Å²) in [5.74, 6) is 1.38. The van der Waals surface area contributed by atoms with Crippen molar-refractivity contribution in [3.05, 3.63) is 73.7 Å². The van der Waals surface area contributed by atoms with Crippen LogP contribution in [0.15, 0.2) is 42.1 Å². The van der Waals surface area contributed by atoms with Crippen molar-refractivity contribution in [3.8, 4) is 16.7 Å². The van der Waals surface area contributed by atoms with Crippen LogP contribution in [-0.4, -0.2) is 67.3 Å². The first-order valence-electron chi connectivity index (χ1n) is 14.6. The zero-order valence-electron chi connectivity index (χ0n) is 24.5. The molecule has 2 aromatic carbocycles. The molecule has 3 aliphatic rings. The first-order valence-corrected chi connectivity index (χ1v) is 16.2. The van der Waals surface area contributed by atoms with Crippen LogP contribution >= 0.6 is 34.5 Å². The van der Waals surface area contributed by atoms with E-state index in [0.717, 1.165) is 64.3 Å². The molecule has 1 saturated carbocycles. The molecule has 2 N–H and O–H groups in total. The van der Waals surface area contributed by atoms with E-state index < -0.39 is 0 Å². The molecule has 0 radical (unpaired) electrons. The number of hydrogen-bond acceptors (Lipinski definition) is 8. The molecular formula is C32H36Cl2N4O4S. The van der Waals surface area contributed by atoms with Gasteiger partial charge in [-0.25, -0.2) is 4.98 Å². The second kappa shape index (κ2) is 13.0. The second-order valence-corrected chi connectivity index (χ2v) is 13.1. The van der Waals surface area contributed by atoms with Crippen LogP contribution in [0.3, 0.4) is 0 Å². The Morgan fingerprint density at radius 1 is 1.12 bits per heavy atom. The van der Waals surface area contributed by atoms with Gasteiger partial charge in [-0.05, 0) is 73.6 Å². The fraction of sp³-hybridized carbons (Fsp3) is 0.438. The number of carbonyl (C=O) groups is 1. The van der Waals surface area contributed by atoms with Gasteiger partial charge in [0.2, 0.25) is 0 Å². The Balaban J connectivity index is 1.21. The number of nitrogens with one attached hydrogen (secondary N) is 2. The molecule has 2 unspecified atom stereocenters. The monoisotopic (exact) mass is 642 g/mol. The van der Waals surface area contributed by atoms with E-state index in [4.69, 9.17) is 37.4 Å². The van der Waals surface area contributed by atoms with Crippen LogP contribution in [0.25, 0.3) is 5.57 Å². The standard InChI is InChI=1S/C32H36Cl2N4O4S/c1-18-11-24(33)30(25(34)12-18)41-9-10-42-32-36-16-28(43-32)23-13-21-14-35-15-26(37-21)29(23)31(39)38(22-7-8-22)17-20-5-4-6-27(40-3)19(20)2/h4-6,11-12,16,21-22,26,35,37H,7-10,13-15,17H2,1-3H3. The molecule has 11 heteroatoms.